The Morgan fingerprint density at radius 2 is 1.89 bits per heavy atom. The van der Waals surface area contributed by atoms with Crippen LogP contribution >= 0.6 is 0 Å². The molecule has 1 heterocycles. The number of hydrogen-bond acceptors (Lipinski definition) is 2. The maximum Gasteiger partial charge on any atom is 0.132 e. The van der Waals surface area contributed by atoms with E-state index < -0.39 is 0 Å². The van der Waals surface area contributed by atoms with Crippen LogP contribution in [-0.2, 0) is 6.61 Å². The molecule has 0 aliphatic heterocycles. The zero-order valence-corrected chi connectivity index (χ0v) is 12.0. The predicted molar refractivity (Wildman–Crippen MR) is 77.4 cm³/mol. The minimum absolute atomic E-state index is 0.493. The van der Waals surface area contributed by atoms with E-state index in [1.165, 1.54) is 0 Å². The van der Waals surface area contributed by atoms with Gasteiger partial charge in [-0.15, -0.1) is 0 Å². The molecule has 1 aromatic heterocycles. The zero-order chi connectivity index (χ0) is 13.7. The van der Waals surface area contributed by atoms with Crippen molar-refractivity contribution in [3.8, 4) is 5.75 Å². The van der Waals surface area contributed by atoms with Crippen molar-refractivity contribution in [1.82, 2.24) is 9.78 Å². The number of nitrogens with zero attached hydrogens (tertiary/aromatic N) is 2. The van der Waals surface area contributed by atoms with Gasteiger partial charge in [0.05, 0.1) is 11.7 Å². The van der Waals surface area contributed by atoms with Crippen LogP contribution in [0.1, 0.15) is 44.0 Å². The molecule has 102 valence electrons. The van der Waals surface area contributed by atoms with Gasteiger partial charge in [0.25, 0.3) is 0 Å². The van der Waals surface area contributed by atoms with Crippen molar-refractivity contribution in [2.24, 2.45) is 0 Å². The van der Waals surface area contributed by atoms with E-state index in [2.05, 4.69) is 36.6 Å². The van der Waals surface area contributed by atoms with Gasteiger partial charge in [-0.2, -0.15) is 5.10 Å². The molecule has 0 radical (unpaired) electrons. The molecule has 0 amide bonds. The summed E-state index contributed by atoms with van der Waals surface area (Å²) in [6.45, 7) is 6.97. The number of ether oxygens (including phenoxy) is 1. The maximum atomic E-state index is 5.81. The molecule has 2 rings (SSSR count). The molecule has 0 aliphatic rings. The van der Waals surface area contributed by atoms with Gasteiger partial charge in [-0.1, -0.05) is 32.0 Å². The Balaban J connectivity index is 1.99. The molecule has 3 nitrogen and oxygen atoms in total. The summed E-state index contributed by atoms with van der Waals surface area (Å²) < 4.78 is 7.86. The van der Waals surface area contributed by atoms with Crippen LogP contribution in [0.4, 0.5) is 0 Å². The molecule has 0 saturated carbocycles. The van der Waals surface area contributed by atoms with Crippen LogP contribution in [0.2, 0.25) is 0 Å². The smallest absolute Gasteiger partial charge is 0.132 e. The molecule has 0 unspecified atom stereocenters. The second kappa shape index (κ2) is 6.41. The van der Waals surface area contributed by atoms with Crippen molar-refractivity contribution in [3.63, 3.8) is 0 Å². The third-order valence-corrected chi connectivity index (χ3v) is 3.45. The Hall–Kier alpha value is -1.77. The fourth-order valence-corrected chi connectivity index (χ4v) is 2.19. The second-order valence-corrected chi connectivity index (χ2v) is 4.81. The van der Waals surface area contributed by atoms with Crippen LogP contribution in [0.3, 0.4) is 0 Å². The molecule has 2 aromatic rings. The zero-order valence-electron chi connectivity index (χ0n) is 12.0. The SMILES string of the molecule is CCC(CC)n1ccc(COc2ccccc2C)n1. The molecule has 0 atom stereocenters. The Bertz CT molecular complexity index is 515. The highest BCUT2D eigenvalue weighted by atomic mass is 16.5. The molecule has 19 heavy (non-hydrogen) atoms. The number of rotatable bonds is 6. The van der Waals surface area contributed by atoms with Gasteiger partial charge in [0.15, 0.2) is 0 Å². The van der Waals surface area contributed by atoms with E-state index in [4.69, 9.17) is 4.74 Å². The van der Waals surface area contributed by atoms with Gasteiger partial charge in [0.1, 0.15) is 12.4 Å². The average Bonchev–Trinajstić information content (AvgIpc) is 2.88. The normalized spacial score (nSPS) is 10.9. The van der Waals surface area contributed by atoms with Crippen LogP contribution in [0.25, 0.3) is 0 Å². The second-order valence-electron chi connectivity index (χ2n) is 4.81. The number of hydrogen-bond donors (Lipinski definition) is 0. The maximum absolute atomic E-state index is 5.81. The van der Waals surface area contributed by atoms with E-state index in [1.807, 2.05) is 30.5 Å². The van der Waals surface area contributed by atoms with Crippen molar-refractivity contribution in [1.29, 1.82) is 0 Å². The largest absolute Gasteiger partial charge is 0.487 e. The van der Waals surface area contributed by atoms with Gasteiger partial charge in [0.2, 0.25) is 0 Å². The predicted octanol–water partition coefficient (Wildman–Crippen LogP) is 4.13. The van der Waals surface area contributed by atoms with Crippen LogP contribution in [-0.4, -0.2) is 9.78 Å². The molecule has 3 heteroatoms. The van der Waals surface area contributed by atoms with Crippen molar-refractivity contribution in [3.05, 3.63) is 47.8 Å². The lowest BCUT2D eigenvalue weighted by Crippen LogP contribution is -2.08. The van der Waals surface area contributed by atoms with Gasteiger partial charge in [-0.3, -0.25) is 4.68 Å². The van der Waals surface area contributed by atoms with E-state index in [9.17, 15) is 0 Å². The van der Waals surface area contributed by atoms with E-state index >= 15 is 0 Å². The van der Waals surface area contributed by atoms with E-state index in [1.54, 1.807) is 0 Å². The number of benzene rings is 1. The third-order valence-electron chi connectivity index (χ3n) is 3.45. The average molecular weight is 258 g/mol. The Morgan fingerprint density at radius 3 is 2.58 bits per heavy atom. The van der Waals surface area contributed by atoms with E-state index in [-0.39, 0.29) is 0 Å². The third kappa shape index (κ3) is 3.37. The Morgan fingerprint density at radius 1 is 1.16 bits per heavy atom. The fourth-order valence-electron chi connectivity index (χ4n) is 2.19. The lowest BCUT2D eigenvalue weighted by Gasteiger charge is -2.12. The van der Waals surface area contributed by atoms with Gasteiger partial charge in [0, 0.05) is 6.20 Å². The van der Waals surface area contributed by atoms with Crippen LogP contribution in [0, 0.1) is 6.92 Å². The monoisotopic (exact) mass is 258 g/mol. The molecule has 0 bridgehead atoms. The molecule has 0 N–H and O–H groups in total. The van der Waals surface area contributed by atoms with Crippen LogP contribution in [0.15, 0.2) is 36.5 Å². The summed E-state index contributed by atoms with van der Waals surface area (Å²) in [5, 5.41) is 4.59. The first-order valence-corrected chi connectivity index (χ1v) is 6.97. The lowest BCUT2D eigenvalue weighted by atomic mass is 10.2. The minimum atomic E-state index is 0.493. The van der Waals surface area contributed by atoms with Gasteiger partial charge >= 0.3 is 0 Å². The highest BCUT2D eigenvalue weighted by molar-refractivity contribution is 5.31. The summed E-state index contributed by atoms with van der Waals surface area (Å²) in [5.41, 5.74) is 2.14. The molecule has 0 aliphatic carbocycles. The first-order chi connectivity index (χ1) is 9.24. The number of aryl methyl sites for hydroxylation is 1. The topological polar surface area (TPSA) is 27.1 Å². The molecular formula is C16H22N2O. The molecule has 0 saturated heterocycles. The number of aromatic nitrogens is 2. The Labute approximate surface area is 115 Å². The van der Waals surface area contributed by atoms with E-state index in [0.29, 0.717) is 12.6 Å². The molecule has 0 fully saturated rings. The summed E-state index contributed by atoms with van der Waals surface area (Å²) in [6.07, 6.45) is 4.26. The van der Waals surface area contributed by atoms with Crippen molar-refractivity contribution in [2.45, 2.75) is 46.3 Å². The highest BCUT2D eigenvalue weighted by Crippen LogP contribution is 2.18. The summed E-state index contributed by atoms with van der Waals surface area (Å²) in [6, 6.07) is 10.6. The standard InChI is InChI=1S/C16H22N2O/c1-4-15(5-2)18-11-10-14(17-18)12-19-16-9-7-6-8-13(16)3/h6-11,15H,4-5,12H2,1-3H3. The quantitative estimate of drug-likeness (QED) is 0.779. The van der Waals surface area contributed by atoms with Gasteiger partial charge in [-0.05, 0) is 37.5 Å². The minimum Gasteiger partial charge on any atom is -0.487 e. The Kier molecular flexibility index (Phi) is 4.61. The van der Waals surface area contributed by atoms with E-state index in [0.717, 1.165) is 29.8 Å². The van der Waals surface area contributed by atoms with Crippen LogP contribution in [0.5, 0.6) is 5.75 Å². The van der Waals surface area contributed by atoms with Crippen LogP contribution < -0.4 is 4.74 Å². The molecule has 0 spiro atoms. The van der Waals surface area contributed by atoms with Crippen molar-refractivity contribution in [2.75, 3.05) is 0 Å². The highest BCUT2D eigenvalue weighted by Gasteiger charge is 2.08. The molecular weight excluding hydrogens is 236 g/mol. The molecule has 1 aromatic carbocycles. The first kappa shape index (κ1) is 13.7. The summed E-state index contributed by atoms with van der Waals surface area (Å²) >= 11 is 0. The summed E-state index contributed by atoms with van der Waals surface area (Å²) in [5.74, 6) is 0.930. The van der Waals surface area contributed by atoms with Crippen molar-refractivity contribution >= 4 is 0 Å². The van der Waals surface area contributed by atoms with Gasteiger partial charge < -0.3 is 4.74 Å². The fraction of sp³-hybridized carbons (Fsp3) is 0.438. The first-order valence-electron chi connectivity index (χ1n) is 6.97. The van der Waals surface area contributed by atoms with Gasteiger partial charge in [-0.25, -0.2) is 0 Å². The number of para-hydroxylation sites is 1. The lowest BCUT2D eigenvalue weighted by molar-refractivity contribution is 0.295. The summed E-state index contributed by atoms with van der Waals surface area (Å²) in [7, 11) is 0. The summed E-state index contributed by atoms with van der Waals surface area (Å²) in [4.78, 5) is 0. The van der Waals surface area contributed by atoms with Crippen molar-refractivity contribution < 1.29 is 4.74 Å².